The molecule has 0 saturated heterocycles. The van der Waals surface area contributed by atoms with E-state index in [-0.39, 0.29) is 11.1 Å². The topological polar surface area (TPSA) is 95.1 Å². The van der Waals surface area contributed by atoms with Gasteiger partial charge in [0.05, 0.1) is 0 Å². The predicted molar refractivity (Wildman–Crippen MR) is 86.6 cm³/mol. The maximum atomic E-state index is 12.3. The lowest BCUT2D eigenvalue weighted by molar-refractivity contribution is -0.139. The van der Waals surface area contributed by atoms with E-state index in [2.05, 4.69) is 15.5 Å². The second-order valence-electron chi connectivity index (χ2n) is 6.21. The molecule has 0 aliphatic rings. The van der Waals surface area contributed by atoms with E-state index in [1.54, 1.807) is 30.3 Å². The van der Waals surface area contributed by atoms with Crippen molar-refractivity contribution in [3.8, 4) is 0 Å². The molecule has 7 heteroatoms. The van der Waals surface area contributed by atoms with Crippen LogP contribution in [0.2, 0.25) is 5.02 Å². The van der Waals surface area contributed by atoms with Crippen molar-refractivity contribution in [3.63, 3.8) is 0 Å². The van der Waals surface area contributed by atoms with Gasteiger partial charge in [0.2, 0.25) is 0 Å². The number of carboxylic acid groups (broad SMARTS) is 1. The van der Waals surface area contributed by atoms with E-state index < -0.39 is 17.9 Å². The van der Waals surface area contributed by atoms with Crippen LogP contribution in [0.5, 0.6) is 0 Å². The summed E-state index contributed by atoms with van der Waals surface area (Å²) in [4.78, 5) is 23.7. The molecule has 122 valence electrons. The molecule has 2 aromatic rings. The third-order valence-electron chi connectivity index (χ3n) is 3.34. The SMILES string of the molecule is CC(C)(C)c1cc(C(=O)NC(C(=O)O)c2ccc(Cl)cc2)n[nH]1. The molecule has 1 atom stereocenters. The monoisotopic (exact) mass is 335 g/mol. The Morgan fingerprint density at radius 3 is 2.35 bits per heavy atom. The van der Waals surface area contributed by atoms with Crippen molar-refractivity contribution in [2.75, 3.05) is 0 Å². The largest absolute Gasteiger partial charge is 0.479 e. The molecule has 1 amide bonds. The molecule has 3 N–H and O–H groups in total. The van der Waals surface area contributed by atoms with Crippen molar-refractivity contribution in [1.29, 1.82) is 0 Å². The highest BCUT2D eigenvalue weighted by molar-refractivity contribution is 6.30. The van der Waals surface area contributed by atoms with Crippen LogP contribution < -0.4 is 5.32 Å². The Hall–Kier alpha value is -2.34. The zero-order valence-electron chi connectivity index (χ0n) is 13.1. The minimum atomic E-state index is -1.17. The number of aromatic nitrogens is 2. The first-order valence-electron chi connectivity index (χ1n) is 7.03. The number of hydrogen-bond donors (Lipinski definition) is 3. The van der Waals surface area contributed by atoms with E-state index in [0.717, 1.165) is 5.69 Å². The number of amides is 1. The van der Waals surface area contributed by atoms with Crippen molar-refractivity contribution in [2.24, 2.45) is 0 Å². The molecule has 6 nitrogen and oxygen atoms in total. The quantitative estimate of drug-likeness (QED) is 0.800. The van der Waals surface area contributed by atoms with Crippen molar-refractivity contribution in [2.45, 2.75) is 32.2 Å². The molecule has 1 aromatic heterocycles. The Bertz CT molecular complexity index is 717. The van der Waals surface area contributed by atoms with Crippen molar-refractivity contribution in [3.05, 3.63) is 52.3 Å². The van der Waals surface area contributed by atoms with Crippen molar-refractivity contribution in [1.82, 2.24) is 15.5 Å². The van der Waals surface area contributed by atoms with E-state index >= 15 is 0 Å². The van der Waals surface area contributed by atoms with Gasteiger partial charge in [-0.2, -0.15) is 5.10 Å². The van der Waals surface area contributed by atoms with Gasteiger partial charge >= 0.3 is 5.97 Å². The van der Waals surface area contributed by atoms with Crippen LogP contribution in [0.1, 0.15) is 48.6 Å². The molecule has 0 aliphatic heterocycles. The minimum Gasteiger partial charge on any atom is -0.479 e. The fraction of sp³-hybridized carbons (Fsp3) is 0.312. The maximum absolute atomic E-state index is 12.3. The maximum Gasteiger partial charge on any atom is 0.330 e. The number of nitrogens with one attached hydrogen (secondary N) is 2. The summed E-state index contributed by atoms with van der Waals surface area (Å²) >= 11 is 5.79. The number of aliphatic carboxylic acids is 1. The lowest BCUT2D eigenvalue weighted by Gasteiger charge is -2.15. The Morgan fingerprint density at radius 1 is 1.26 bits per heavy atom. The number of nitrogens with zero attached hydrogens (tertiary/aromatic N) is 1. The second kappa shape index (κ2) is 6.42. The number of benzene rings is 1. The Labute approximate surface area is 138 Å². The van der Waals surface area contributed by atoms with Gasteiger partial charge in [-0.25, -0.2) is 4.79 Å². The Balaban J connectivity index is 2.20. The molecular weight excluding hydrogens is 318 g/mol. The molecule has 0 aliphatic carbocycles. The highest BCUT2D eigenvalue weighted by Crippen LogP contribution is 2.21. The van der Waals surface area contributed by atoms with E-state index in [4.69, 9.17) is 11.6 Å². The van der Waals surface area contributed by atoms with Crippen LogP contribution in [0.4, 0.5) is 0 Å². The summed E-state index contributed by atoms with van der Waals surface area (Å²) in [6.45, 7) is 5.95. The smallest absolute Gasteiger partial charge is 0.330 e. The molecule has 0 radical (unpaired) electrons. The second-order valence-corrected chi connectivity index (χ2v) is 6.65. The number of carbonyl (C=O) groups excluding carboxylic acids is 1. The summed E-state index contributed by atoms with van der Waals surface area (Å²) in [7, 11) is 0. The number of rotatable bonds is 4. The summed E-state index contributed by atoms with van der Waals surface area (Å²) in [6.07, 6.45) is 0. The lowest BCUT2D eigenvalue weighted by Crippen LogP contribution is -2.34. The van der Waals surface area contributed by atoms with Gasteiger partial charge in [-0.1, -0.05) is 44.5 Å². The van der Waals surface area contributed by atoms with Gasteiger partial charge in [0, 0.05) is 16.1 Å². The molecule has 23 heavy (non-hydrogen) atoms. The van der Waals surface area contributed by atoms with Crippen LogP contribution in [-0.4, -0.2) is 27.2 Å². The number of carbonyl (C=O) groups is 2. The summed E-state index contributed by atoms with van der Waals surface area (Å²) < 4.78 is 0. The summed E-state index contributed by atoms with van der Waals surface area (Å²) in [6, 6.07) is 6.72. The third-order valence-corrected chi connectivity index (χ3v) is 3.60. The number of halogens is 1. The number of H-pyrrole nitrogens is 1. The van der Waals surface area contributed by atoms with Gasteiger partial charge in [-0.3, -0.25) is 9.89 Å². The molecule has 2 rings (SSSR count). The third kappa shape index (κ3) is 4.10. The van der Waals surface area contributed by atoms with Gasteiger partial charge in [0.1, 0.15) is 5.69 Å². The van der Waals surface area contributed by atoms with E-state index in [1.165, 1.54) is 0 Å². The van der Waals surface area contributed by atoms with Gasteiger partial charge in [0.25, 0.3) is 5.91 Å². The average Bonchev–Trinajstić information content (AvgIpc) is 2.95. The molecule has 1 aromatic carbocycles. The molecule has 1 unspecified atom stereocenters. The first-order chi connectivity index (χ1) is 10.7. The Morgan fingerprint density at radius 2 is 1.87 bits per heavy atom. The van der Waals surface area contributed by atoms with Crippen LogP contribution in [0.25, 0.3) is 0 Å². The highest BCUT2D eigenvalue weighted by atomic mass is 35.5. The summed E-state index contributed by atoms with van der Waals surface area (Å²) in [5, 5.41) is 19.1. The van der Waals surface area contributed by atoms with E-state index in [1.807, 2.05) is 20.8 Å². The minimum absolute atomic E-state index is 0.148. The van der Waals surface area contributed by atoms with E-state index in [0.29, 0.717) is 10.6 Å². The van der Waals surface area contributed by atoms with Crippen molar-refractivity contribution >= 4 is 23.5 Å². The van der Waals surface area contributed by atoms with Gasteiger partial charge < -0.3 is 10.4 Å². The number of hydrogen-bond acceptors (Lipinski definition) is 3. The van der Waals surface area contributed by atoms with Gasteiger partial charge in [-0.15, -0.1) is 0 Å². The first-order valence-corrected chi connectivity index (χ1v) is 7.41. The normalized spacial score (nSPS) is 12.7. The first kappa shape index (κ1) is 17.0. The van der Waals surface area contributed by atoms with Crippen LogP contribution >= 0.6 is 11.6 Å². The molecular formula is C16H18ClN3O3. The molecule has 0 spiro atoms. The predicted octanol–water partition coefficient (Wildman–Crippen LogP) is 2.92. The fourth-order valence-corrected chi connectivity index (χ4v) is 2.10. The molecule has 0 fully saturated rings. The van der Waals surface area contributed by atoms with Crippen LogP contribution in [0.3, 0.4) is 0 Å². The standard InChI is InChI=1S/C16H18ClN3O3/c1-16(2,3)12-8-11(19-20-12)14(21)18-13(15(22)23)9-4-6-10(17)7-5-9/h4-8,13H,1-3H3,(H,18,21)(H,19,20)(H,22,23). The van der Waals surface area contributed by atoms with Crippen LogP contribution in [0, 0.1) is 0 Å². The fourth-order valence-electron chi connectivity index (χ4n) is 1.97. The average molecular weight is 336 g/mol. The van der Waals surface area contributed by atoms with Crippen LogP contribution in [-0.2, 0) is 10.2 Å². The zero-order valence-corrected chi connectivity index (χ0v) is 13.8. The molecule has 0 bridgehead atoms. The number of carboxylic acids is 1. The van der Waals surface area contributed by atoms with E-state index in [9.17, 15) is 14.7 Å². The Kier molecular flexibility index (Phi) is 4.75. The molecule has 0 saturated carbocycles. The highest BCUT2D eigenvalue weighted by Gasteiger charge is 2.25. The van der Waals surface area contributed by atoms with Gasteiger partial charge in [-0.05, 0) is 23.8 Å². The van der Waals surface area contributed by atoms with Crippen molar-refractivity contribution < 1.29 is 14.7 Å². The summed E-state index contributed by atoms with van der Waals surface area (Å²) in [5.74, 6) is -1.72. The van der Waals surface area contributed by atoms with Gasteiger partial charge in [0.15, 0.2) is 6.04 Å². The lowest BCUT2D eigenvalue weighted by atomic mass is 9.92. The summed E-state index contributed by atoms with van der Waals surface area (Å²) in [5.41, 5.74) is 1.19. The van der Waals surface area contributed by atoms with Crippen LogP contribution in [0.15, 0.2) is 30.3 Å². The zero-order chi connectivity index (χ0) is 17.2. The molecule has 1 heterocycles. The number of aromatic amines is 1.